The Morgan fingerprint density at radius 1 is 1.06 bits per heavy atom. The molecule has 1 unspecified atom stereocenters. The maximum atomic E-state index is 13.1. The molecule has 0 aliphatic heterocycles. The lowest BCUT2D eigenvalue weighted by molar-refractivity contribution is -0.277. The highest BCUT2D eigenvalue weighted by molar-refractivity contribution is 6.04. The molecule has 2 heterocycles. The monoisotopic (exact) mass is 456 g/mol. The summed E-state index contributed by atoms with van der Waals surface area (Å²) in [7, 11) is 0. The number of aliphatic hydroxyl groups excluding tert-OH is 1. The molecule has 4 aromatic rings. The molecule has 0 aliphatic rings. The Labute approximate surface area is 186 Å². The number of aliphatic hydroxyl groups is 2. The van der Waals surface area contributed by atoms with Crippen molar-refractivity contribution in [1.82, 2.24) is 14.6 Å². The molecular weight excluding hydrogens is 437 g/mol. The quantitative estimate of drug-likeness (QED) is 0.425. The van der Waals surface area contributed by atoms with Gasteiger partial charge in [-0.1, -0.05) is 42.5 Å². The minimum Gasteiger partial charge on any atom is -0.393 e. The molecule has 2 aromatic heterocycles. The third kappa shape index (κ3) is 4.18. The highest BCUT2D eigenvalue weighted by Gasteiger charge is 2.54. The number of nitrogens with one attached hydrogen (secondary N) is 1. The van der Waals surface area contributed by atoms with Crippen molar-refractivity contribution >= 4 is 17.4 Å². The number of fused-ring (bicyclic) bond motifs is 1. The third-order valence-corrected chi connectivity index (χ3v) is 5.18. The molecule has 3 N–H and O–H groups in total. The molecule has 0 saturated carbocycles. The fourth-order valence-electron chi connectivity index (χ4n) is 3.40. The number of benzene rings is 2. The smallest absolute Gasteiger partial charge is 0.393 e. The Kier molecular flexibility index (Phi) is 5.64. The summed E-state index contributed by atoms with van der Waals surface area (Å²) in [5.74, 6) is -0.370. The number of carbonyl (C=O) groups is 1. The van der Waals surface area contributed by atoms with E-state index in [9.17, 15) is 23.1 Å². The van der Waals surface area contributed by atoms with Gasteiger partial charge >= 0.3 is 6.18 Å². The van der Waals surface area contributed by atoms with Gasteiger partial charge in [0.1, 0.15) is 5.82 Å². The van der Waals surface area contributed by atoms with Crippen LogP contribution >= 0.6 is 0 Å². The van der Waals surface area contributed by atoms with Crippen LogP contribution in [0.4, 0.5) is 19.0 Å². The molecule has 0 fully saturated rings. The van der Waals surface area contributed by atoms with Gasteiger partial charge in [-0.3, -0.25) is 4.79 Å². The van der Waals surface area contributed by atoms with Crippen LogP contribution in [0.1, 0.15) is 21.6 Å². The molecule has 10 heteroatoms. The largest absolute Gasteiger partial charge is 0.423 e. The Morgan fingerprint density at radius 3 is 2.33 bits per heavy atom. The van der Waals surface area contributed by atoms with Gasteiger partial charge < -0.3 is 15.5 Å². The van der Waals surface area contributed by atoms with Crippen LogP contribution in [0, 0.1) is 6.92 Å². The Morgan fingerprint density at radius 2 is 1.73 bits per heavy atom. The number of anilines is 1. The molecule has 170 valence electrons. The molecule has 33 heavy (non-hydrogen) atoms. The second kappa shape index (κ2) is 8.30. The van der Waals surface area contributed by atoms with Crippen molar-refractivity contribution in [3.8, 4) is 11.3 Å². The first-order valence-corrected chi connectivity index (χ1v) is 9.87. The fourth-order valence-corrected chi connectivity index (χ4v) is 3.40. The van der Waals surface area contributed by atoms with Crippen molar-refractivity contribution in [3.63, 3.8) is 0 Å². The van der Waals surface area contributed by atoms with Gasteiger partial charge in [-0.2, -0.15) is 18.3 Å². The van der Waals surface area contributed by atoms with Crippen LogP contribution in [0.3, 0.4) is 0 Å². The molecule has 0 aliphatic carbocycles. The fraction of sp³-hybridized carbons (Fsp3) is 0.174. The molecule has 7 nitrogen and oxygen atoms in total. The van der Waals surface area contributed by atoms with Crippen molar-refractivity contribution in [2.75, 3.05) is 11.9 Å². The van der Waals surface area contributed by atoms with Crippen LogP contribution < -0.4 is 5.32 Å². The van der Waals surface area contributed by atoms with Crippen LogP contribution in [0.25, 0.3) is 16.9 Å². The van der Waals surface area contributed by atoms with Gasteiger partial charge in [0, 0.05) is 23.3 Å². The average Bonchev–Trinajstić information content (AvgIpc) is 3.17. The number of amides is 1. The van der Waals surface area contributed by atoms with Crippen LogP contribution in [0.5, 0.6) is 0 Å². The van der Waals surface area contributed by atoms with E-state index in [2.05, 4.69) is 15.4 Å². The summed E-state index contributed by atoms with van der Waals surface area (Å²) in [6, 6.07) is 17.0. The number of aryl methyl sites for hydroxylation is 1. The van der Waals surface area contributed by atoms with Crippen molar-refractivity contribution in [2.45, 2.75) is 18.7 Å². The van der Waals surface area contributed by atoms with E-state index in [0.717, 1.165) is 35.5 Å². The Hall–Kier alpha value is -3.76. The van der Waals surface area contributed by atoms with Gasteiger partial charge in [0.25, 0.3) is 5.91 Å². The number of alkyl halides is 3. The van der Waals surface area contributed by atoms with Crippen molar-refractivity contribution < 1.29 is 28.2 Å². The summed E-state index contributed by atoms with van der Waals surface area (Å²) in [6.45, 7) is 0.275. The van der Waals surface area contributed by atoms with E-state index in [0.29, 0.717) is 11.3 Å². The molecule has 1 amide bonds. The summed E-state index contributed by atoms with van der Waals surface area (Å²) < 4.78 is 41.1. The topological polar surface area (TPSA) is 99.8 Å². The van der Waals surface area contributed by atoms with Gasteiger partial charge in [-0.05, 0) is 24.6 Å². The van der Waals surface area contributed by atoms with Crippen molar-refractivity contribution in [2.24, 2.45) is 0 Å². The zero-order chi connectivity index (χ0) is 23.8. The van der Waals surface area contributed by atoms with Crippen LogP contribution in [-0.2, 0) is 5.60 Å². The Balaban J connectivity index is 1.65. The lowest BCUT2D eigenvalue weighted by Gasteiger charge is -2.28. The summed E-state index contributed by atoms with van der Waals surface area (Å²) >= 11 is 0. The van der Waals surface area contributed by atoms with E-state index in [1.807, 2.05) is 37.3 Å². The highest BCUT2D eigenvalue weighted by atomic mass is 19.4. The van der Waals surface area contributed by atoms with Gasteiger partial charge in [0.05, 0.1) is 18.0 Å². The minimum atomic E-state index is -5.08. The summed E-state index contributed by atoms with van der Waals surface area (Å²) in [5, 5.41) is 26.0. The summed E-state index contributed by atoms with van der Waals surface area (Å²) in [5.41, 5.74) is -1.15. The van der Waals surface area contributed by atoms with E-state index < -0.39 is 29.9 Å². The second-order valence-corrected chi connectivity index (χ2v) is 7.50. The Bertz CT molecular complexity index is 1300. The van der Waals surface area contributed by atoms with Crippen LogP contribution in [0.15, 0.2) is 66.7 Å². The third-order valence-electron chi connectivity index (χ3n) is 5.18. The SMILES string of the molecule is Cc1cc2nc(NC(=O)c3ccc(C(O)(CO)C(F)(F)F)cc3)cc(-c3ccccc3)n2n1. The number of hydrogen-bond donors (Lipinski definition) is 3. The first-order valence-electron chi connectivity index (χ1n) is 9.87. The predicted molar refractivity (Wildman–Crippen MR) is 115 cm³/mol. The molecule has 0 spiro atoms. The van der Waals surface area contributed by atoms with Crippen LogP contribution in [0.2, 0.25) is 0 Å². The lowest BCUT2D eigenvalue weighted by Crippen LogP contribution is -2.45. The maximum absolute atomic E-state index is 13.1. The normalized spacial score (nSPS) is 13.6. The number of halogens is 3. The minimum absolute atomic E-state index is 0.0498. The standard InChI is InChI=1S/C23H19F3N4O3/c1-14-11-20-27-19(12-18(30(20)29-14)15-5-3-2-4-6-15)28-21(32)16-7-9-17(10-8-16)22(33,13-31)23(24,25)26/h2-12,31,33H,13H2,1H3,(H,27,28,32). The number of rotatable bonds is 5. The summed E-state index contributed by atoms with van der Waals surface area (Å²) in [6.07, 6.45) is -5.08. The zero-order valence-corrected chi connectivity index (χ0v) is 17.3. The van der Waals surface area contributed by atoms with Crippen LogP contribution in [-0.4, -0.2) is 43.5 Å². The van der Waals surface area contributed by atoms with E-state index in [1.165, 1.54) is 0 Å². The lowest BCUT2D eigenvalue weighted by atomic mass is 9.93. The predicted octanol–water partition coefficient (Wildman–Crippen LogP) is 3.70. The molecule has 0 bridgehead atoms. The molecule has 0 saturated heterocycles. The number of nitrogens with zero attached hydrogens (tertiary/aromatic N) is 3. The van der Waals surface area contributed by atoms with E-state index in [-0.39, 0.29) is 11.4 Å². The molecular formula is C23H19F3N4O3. The van der Waals surface area contributed by atoms with Crippen molar-refractivity contribution in [1.29, 1.82) is 0 Å². The zero-order valence-electron chi connectivity index (χ0n) is 17.3. The molecule has 2 aromatic carbocycles. The molecule has 0 radical (unpaired) electrons. The number of hydrogen-bond acceptors (Lipinski definition) is 5. The first kappa shape index (κ1) is 22.4. The van der Waals surface area contributed by atoms with Gasteiger partial charge in [-0.25, -0.2) is 9.50 Å². The maximum Gasteiger partial charge on any atom is 0.423 e. The van der Waals surface area contributed by atoms with Gasteiger partial charge in [0.2, 0.25) is 5.60 Å². The average molecular weight is 456 g/mol. The second-order valence-electron chi connectivity index (χ2n) is 7.50. The van der Waals surface area contributed by atoms with Crippen molar-refractivity contribution in [3.05, 3.63) is 83.6 Å². The summed E-state index contributed by atoms with van der Waals surface area (Å²) in [4.78, 5) is 17.1. The number of carbonyl (C=O) groups excluding carboxylic acids is 1. The van der Waals surface area contributed by atoms with E-state index >= 15 is 0 Å². The number of aromatic nitrogens is 3. The van der Waals surface area contributed by atoms with Gasteiger partial charge in [0.15, 0.2) is 5.65 Å². The van der Waals surface area contributed by atoms with E-state index in [1.54, 1.807) is 16.6 Å². The van der Waals surface area contributed by atoms with Gasteiger partial charge in [-0.15, -0.1) is 0 Å². The molecule has 4 rings (SSSR count). The molecule has 1 atom stereocenters. The van der Waals surface area contributed by atoms with E-state index in [4.69, 9.17) is 5.11 Å². The highest BCUT2D eigenvalue weighted by Crippen LogP contribution is 2.38. The first-order chi connectivity index (χ1) is 15.6.